The van der Waals surface area contributed by atoms with Crippen molar-refractivity contribution in [1.82, 2.24) is 5.32 Å². The van der Waals surface area contributed by atoms with Crippen LogP contribution in [0.5, 0.6) is 17.2 Å². The van der Waals surface area contributed by atoms with E-state index in [1.165, 1.54) is 12.5 Å². The number of carbonyl (C=O) groups is 2. The smallest absolute Gasteiger partial charge is 0.344 e. The zero-order valence-corrected chi connectivity index (χ0v) is 19.0. The van der Waals surface area contributed by atoms with Crippen LogP contribution in [0.3, 0.4) is 0 Å². The van der Waals surface area contributed by atoms with Crippen LogP contribution in [0.1, 0.15) is 43.4 Å². The van der Waals surface area contributed by atoms with E-state index in [9.17, 15) is 9.59 Å². The fourth-order valence-corrected chi connectivity index (χ4v) is 3.14. The summed E-state index contributed by atoms with van der Waals surface area (Å²) in [5.41, 5.74) is 3.16. The average molecular weight is 430 g/mol. The van der Waals surface area contributed by atoms with Crippen molar-refractivity contribution >= 4 is 11.9 Å². The van der Waals surface area contributed by atoms with E-state index in [-0.39, 0.29) is 13.2 Å². The Kier molecular flexibility index (Phi) is 8.73. The van der Waals surface area contributed by atoms with Crippen molar-refractivity contribution in [3.05, 3.63) is 53.1 Å². The van der Waals surface area contributed by atoms with E-state index in [1.54, 1.807) is 26.4 Å². The molecule has 0 aliphatic rings. The van der Waals surface area contributed by atoms with Crippen molar-refractivity contribution in [2.75, 3.05) is 20.8 Å². The first kappa shape index (κ1) is 24.1. The molecule has 0 aliphatic carbocycles. The Morgan fingerprint density at radius 1 is 0.968 bits per heavy atom. The molecule has 7 nitrogen and oxygen atoms in total. The van der Waals surface area contributed by atoms with Crippen LogP contribution in [0.25, 0.3) is 0 Å². The highest BCUT2D eigenvalue weighted by molar-refractivity contribution is 5.83. The zero-order valence-electron chi connectivity index (χ0n) is 19.0. The third-order valence-corrected chi connectivity index (χ3v) is 4.81. The van der Waals surface area contributed by atoms with Crippen molar-refractivity contribution in [3.8, 4) is 17.2 Å². The topological polar surface area (TPSA) is 83.1 Å². The lowest BCUT2D eigenvalue weighted by Crippen LogP contribution is -2.36. The predicted octanol–water partition coefficient (Wildman–Crippen LogP) is 3.76. The Labute approximate surface area is 183 Å². The fourth-order valence-electron chi connectivity index (χ4n) is 3.14. The minimum absolute atomic E-state index is 0.263. The lowest BCUT2D eigenvalue weighted by Gasteiger charge is -2.15. The molecule has 0 spiro atoms. The molecule has 0 aliphatic heterocycles. The fraction of sp³-hybridized carbons (Fsp3) is 0.417. The summed E-state index contributed by atoms with van der Waals surface area (Å²) in [7, 11) is 3.10. The summed E-state index contributed by atoms with van der Waals surface area (Å²) in [5, 5.41) is 2.74. The average Bonchev–Trinajstić information content (AvgIpc) is 2.75. The molecular formula is C24H31NO6. The summed E-state index contributed by atoms with van der Waals surface area (Å²) in [4.78, 5) is 24.3. The van der Waals surface area contributed by atoms with E-state index in [1.807, 2.05) is 31.2 Å². The molecule has 1 atom stereocenters. The monoisotopic (exact) mass is 429 g/mol. The molecule has 2 rings (SSSR count). The van der Waals surface area contributed by atoms with E-state index >= 15 is 0 Å². The van der Waals surface area contributed by atoms with E-state index in [4.69, 9.17) is 18.9 Å². The molecule has 0 bridgehead atoms. The number of esters is 1. The molecule has 0 heterocycles. The Morgan fingerprint density at radius 2 is 1.68 bits per heavy atom. The van der Waals surface area contributed by atoms with Crippen molar-refractivity contribution < 1.29 is 28.5 Å². The van der Waals surface area contributed by atoms with Gasteiger partial charge in [-0.05, 0) is 60.7 Å². The molecule has 0 saturated heterocycles. The quantitative estimate of drug-likeness (QED) is 0.579. The number of aryl methyl sites for hydroxylation is 1. The maximum absolute atomic E-state index is 12.3. The molecule has 7 heteroatoms. The van der Waals surface area contributed by atoms with Crippen LogP contribution in [0.15, 0.2) is 36.4 Å². The lowest BCUT2D eigenvalue weighted by atomic mass is 9.98. The van der Waals surface area contributed by atoms with Gasteiger partial charge in [-0.25, -0.2) is 4.79 Å². The largest absolute Gasteiger partial charge is 0.493 e. The number of benzene rings is 2. The maximum Gasteiger partial charge on any atom is 0.344 e. The van der Waals surface area contributed by atoms with Gasteiger partial charge in [0.15, 0.2) is 24.2 Å². The number of hydrogen-bond donors (Lipinski definition) is 1. The van der Waals surface area contributed by atoms with Crippen molar-refractivity contribution in [2.24, 2.45) is 0 Å². The van der Waals surface area contributed by atoms with Crippen LogP contribution in [0, 0.1) is 6.92 Å². The van der Waals surface area contributed by atoms with E-state index in [0.29, 0.717) is 23.2 Å². The Bertz CT molecular complexity index is 909. The first-order valence-corrected chi connectivity index (χ1v) is 10.2. The molecule has 2 aromatic rings. The number of methoxy groups -OCH3 is 2. The SMILES string of the molecule is COc1ccc(CNC(=O)[C@@H](C)OC(=O)COc2ccc(C(C)C)c(C)c2)cc1OC. The molecule has 0 unspecified atom stereocenters. The van der Waals surface area contributed by atoms with E-state index in [2.05, 4.69) is 19.2 Å². The van der Waals surface area contributed by atoms with Gasteiger partial charge in [0.1, 0.15) is 5.75 Å². The van der Waals surface area contributed by atoms with Gasteiger partial charge in [0.05, 0.1) is 14.2 Å². The van der Waals surface area contributed by atoms with Crippen LogP contribution >= 0.6 is 0 Å². The molecule has 1 amide bonds. The molecule has 0 fully saturated rings. The number of amides is 1. The van der Waals surface area contributed by atoms with E-state index in [0.717, 1.165) is 11.1 Å². The molecule has 2 aromatic carbocycles. The minimum Gasteiger partial charge on any atom is -0.493 e. The van der Waals surface area contributed by atoms with Gasteiger partial charge in [-0.2, -0.15) is 0 Å². The first-order chi connectivity index (χ1) is 14.7. The highest BCUT2D eigenvalue weighted by Crippen LogP contribution is 2.27. The first-order valence-electron chi connectivity index (χ1n) is 10.2. The predicted molar refractivity (Wildman–Crippen MR) is 118 cm³/mol. The maximum atomic E-state index is 12.3. The van der Waals surface area contributed by atoms with Crippen molar-refractivity contribution in [2.45, 2.75) is 46.3 Å². The number of rotatable bonds is 10. The number of carbonyl (C=O) groups excluding carboxylic acids is 2. The van der Waals surface area contributed by atoms with Crippen LogP contribution in [0.4, 0.5) is 0 Å². The summed E-state index contributed by atoms with van der Waals surface area (Å²) in [6.07, 6.45) is -0.943. The summed E-state index contributed by atoms with van der Waals surface area (Å²) >= 11 is 0. The molecular weight excluding hydrogens is 398 g/mol. The van der Waals surface area contributed by atoms with Gasteiger partial charge in [0.2, 0.25) is 0 Å². The van der Waals surface area contributed by atoms with Crippen LogP contribution < -0.4 is 19.5 Å². The van der Waals surface area contributed by atoms with Crippen molar-refractivity contribution in [3.63, 3.8) is 0 Å². The molecule has 0 saturated carbocycles. The van der Waals surface area contributed by atoms with Crippen molar-refractivity contribution in [1.29, 1.82) is 0 Å². The summed E-state index contributed by atoms with van der Waals surface area (Å²) in [6.45, 7) is 7.76. The number of nitrogens with one attached hydrogen (secondary N) is 1. The zero-order chi connectivity index (χ0) is 23.0. The van der Waals surface area contributed by atoms with Gasteiger partial charge in [0.25, 0.3) is 5.91 Å². The lowest BCUT2D eigenvalue weighted by molar-refractivity contribution is -0.156. The third-order valence-electron chi connectivity index (χ3n) is 4.81. The van der Waals surface area contributed by atoms with Crippen LogP contribution in [-0.2, 0) is 20.9 Å². The summed E-state index contributed by atoms with van der Waals surface area (Å²) in [5.74, 6) is 1.16. The standard InChI is InChI=1S/C24H31NO6/c1-15(2)20-9-8-19(11-16(20)3)30-14-23(26)31-17(4)24(27)25-13-18-7-10-21(28-5)22(12-18)29-6/h7-12,15,17H,13-14H2,1-6H3,(H,25,27)/t17-/m1/s1. The van der Waals surface area contributed by atoms with E-state index < -0.39 is 18.0 Å². The van der Waals surface area contributed by atoms with Gasteiger partial charge in [-0.15, -0.1) is 0 Å². The second kappa shape index (κ2) is 11.2. The second-order valence-electron chi connectivity index (χ2n) is 7.50. The number of hydrogen-bond acceptors (Lipinski definition) is 6. The summed E-state index contributed by atoms with van der Waals surface area (Å²) < 4.78 is 21.1. The van der Waals surface area contributed by atoms with Crippen LogP contribution in [-0.4, -0.2) is 38.8 Å². The van der Waals surface area contributed by atoms with Gasteiger partial charge in [-0.1, -0.05) is 26.0 Å². The Morgan fingerprint density at radius 3 is 2.29 bits per heavy atom. The van der Waals surface area contributed by atoms with Gasteiger partial charge >= 0.3 is 5.97 Å². The Balaban J connectivity index is 1.81. The number of ether oxygens (including phenoxy) is 4. The molecule has 0 radical (unpaired) electrons. The highest BCUT2D eigenvalue weighted by atomic mass is 16.6. The van der Waals surface area contributed by atoms with Gasteiger partial charge < -0.3 is 24.3 Å². The molecule has 168 valence electrons. The normalized spacial score (nSPS) is 11.6. The highest BCUT2D eigenvalue weighted by Gasteiger charge is 2.18. The van der Waals surface area contributed by atoms with Gasteiger partial charge in [0, 0.05) is 6.54 Å². The van der Waals surface area contributed by atoms with Crippen LogP contribution in [0.2, 0.25) is 0 Å². The van der Waals surface area contributed by atoms with Gasteiger partial charge in [-0.3, -0.25) is 4.79 Å². The Hall–Kier alpha value is -3.22. The molecule has 31 heavy (non-hydrogen) atoms. The second-order valence-corrected chi connectivity index (χ2v) is 7.50. The molecule has 0 aromatic heterocycles. The minimum atomic E-state index is -0.943. The molecule has 1 N–H and O–H groups in total. The summed E-state index contributed by atoms with van der Waals surface area (Å²) in [6, 6.07) is 11.1. The third kappa shape index (κ3) is 6.91.